The van der Waals surface area contributed by atoms with E-state index in [1.807, 2.05) is 50.2 Å². The number of hydrogen-bond acceptors (Lipinski definition) is 6. The number of hydrogen-bond donors (Lipinski definition) is 2. The number of nitrogens with two attached hydrogens (primary N) is 2. The van der Waals surface area contributed by atoms with E-state index in [0.29, 0.717) is 26.3 Å². The Morgan fingerprint density at radius 2 is 1.15 bits per heavy atom. The predicted octanol–water partition coefficient (Wildman–Crippen LogP) is 4.08. The van der Waals surface area contributed by atoms with Crippen molar-refractivity contribution in [2.24, 2.45) is 11.5 Å². The van der Waals surface area contributed by atoms with E-state index in [2.05, 4.69) is 0 Å². The molecular formula is C25H32Cl2N2O4. The third kappa shape index (κ3) is 10.7. The largest absolute Gasteiger partial charge is 0.492 e. The predicted molar refractivity (Wildman–Crippen MR) is 139 cm³/mol. The van der Waals surface area contributed by atoms with Gasteiger partial charge in [0.25, 0.3) is 0 Å². The summed E-state index contributed by atoms with van der Waals surface area (Å²) in [5, 5.41) is 0. The molecule has 0 aliphatic carbocycles. The van der Waals surface area contributed by atoms with E-state index in [4.69, 9.17) is 20.9 Å². The summed E-state index contributed by atoms with van der Waals surface area (Å²) in [4.78, 5) is 24.2. The molecule has 0 bridgehead atoms. The Morgan fingerprint density at radius 1 is 0.758 bits per heavy atom. The first-order valence-electron chi connectivity index (χ1n) is 10.2. The summed E-state index contributed by atoms with van der Waals surface area (Å²) in [5.41, 5.74) is 14.5. The minimum atomic E-state index is -0.252. The van der Waals surface area contributed by atoms with Gasteiger partial charge in [-0.15, -0.1) is 24.8 Å². The molecule has 0 unspecified atom stereocenters. The molecule has 0 radical (unpaired) electrons. The monoisotopic (exact) mass is 494 g/mol. The van der Waals surface area contributed by atoms with Crippen LogP contribution in [0.5, 0.6) is 11.5 Å². The third-order valence-electron chi connectivity index (χ3n) is 4.42. The van der Waals surface area contributed by atoms with Gasteiger partial charge in [-0.05, 0) is 72.5 Å². The fourth-order valence-electron chi connectivity index (χ4n) is 2.88. The first-order chi connectivity index (χ1) is 14.9. The van der Waals surface area contributed by atoms with E-state index in [0.717, 1.165) is 33.8 Å². The van der Waals surface area contributed by atoms with Crippen LogP contribution in [-0.4, -0.2) is 37.9 Å². The van der Waals surface area contributed by atoms with E-state index < -0.39 is 0 Å². The highest BCUT2D eigenvalue weighted by Gasteiger charge is 2.05. The van der Waals surface area contributed by atoms with Crippen molar-refractivity contribution >= 4 is 48.5 Å². The molecule has 8 heteroatoms. The highest BCUT2D eigenvalue weighted by Crippen LogP contribution is 2.21. The number of rotatable bonds is 12. The zero-order valence-electron chi connectivity index (χ0n) is 18.9. The van der Waals surface area contributed by atoms with E-state index >= 15 is 0 Å². The van der Waals surface area contributed by atoms with Crippen LogP contribution in [0.3, 0.4) is 0 Å². The van der Waals surface area contributed by atoms with Crippen LogP contribution < -0.4 is 20.9 Å². The zero-order chi connectivity index (χ0) is 22.6. The Bertz CT molecular complexity index is 897. The number of allylic oxidation sites excluding steroid dienone is 2. The van der Waals surface area contributed by atoms with Gasteiger partial charge in [0, 0.05) is 13.1 Å². The third-order valence-corrected chi connectivity index (χ3v) is 4.42. The van der Waals surface area contributed by atoms with Gasteiger partial charge in [0.05, 0.1) is 6.42 Å². The number of carbonyl (C=O) groups is 2. The SMILES string of the molecule is Cc1cc(/C=C/C(=O)CC(=O)/C=C/c2ccc(OCCN)c(C)c2)ccc1OCCN.Cl.Cl. The van der Waals surface area contributed by atoms with Gasteiger partial charge in [-0.3, -0.25) is 9.59 Å². The maximum absolute atomic E-state index is 12.1. The molecule has 0 fully saturated rings. The Balaban J connectivity index is 0.00000512. The molecule has 0 atom stereocenters. The lowest BCUT2D eigenvalue weighted by Crippen LogP contribution is -2.11. The minimum Gasteiger partial charge on any atom is -0.492 e. The minimum absolute atomic E-state index is 0. The molecule has 33 heavy (non-hydrogen) atoms. The van der Waals surface area contributed by atoms with Gasteiger partial charge in [-0.2, -0.15) is 0 Å². The molecule has 0 aliphatic heterocycles. The van der Waals surface area contributed by atoms with Crippen molar-refractivity contribution in [3.05, 3.63) is 70.8 Å². The molecule has 0 spiro atoms. The van der Waals surface area contributed by atoms with Gasteiger partial charge < -0.3 is 20.9 Å². The first-order valence-corrected chi connectivity index (χ1v) is 10.2. The lowest BCUT2D eigenvalue weighted by atomic mass is 10.1. The highest BCUT2D eigenvalue weighted by atomic mass is 35.5. The number of ether oxygens (including phenoxy) is 2. The van der Waals surface area contributed by atoms with Gasteiger partial charge in [0.2, 0.25) is 0 Å². The average molecular weight is 495 g/mol. The van der Waals surface area contributed by atoms with Crippen molar-refractivity contribution in [3.8, 4) is 11.5 Å². The average Bonchev–Trinajstić information content (AvgIpc) is 2.75. The number of aryl methyl sites for hydroxylation is 2. The molecule has 0 heterocycles. The summed E-state index contributed by atoms with van der Waals surface area (Å²) < 4.78 is 11.1. The molecule has 180 valence electrons. The van der Waals surface area contributed by atoms with Crippen molar-refractivity contribution in [2.75, 3.05) is 26.3 Å². The lowest BCUT2D eigenvalue weighted by Gasteiger charge is -2.08. The van der Waals surface area contributed by atoms with Crippen LogP contribution in [0.4, 0.5) is 0 Å². The summed E-state index contributed by atoms with van der Waals surface area (Å²) in [6.07, 6.45) is 6.06. The van der Waals surface area contributed by atoms with Crippen molar-refractivity contribution in [3.63, 3.8) is 0 Å². The Hall–Kier alpha value is -2.64. The fourth-order valence-corrected chi connectivity index (χ4v) is 2.88. The van der Waals surface area contributed by atoms with Crippen molar-refractivity contribution in [2.45, 2.75) is 20.3 Å². The summed E-state index contributed by atoms with van der Waals surface area (Å²) in [6.45, 7) is 5.67. The molecule has 6 nitrogen and oxygen atoms in total. The summed E-state index contributed by atoms with van der Waals surface area (Å²) >= 11 is 0. The number of carbonyl (C=O) groups excluding carboxylic acids is 2. The molecule has 2 aromatic rings. The van der Waals surface area contributed by atoms with Crippen LogP contribution in [0, 0.1) is 13.8 Å². The van der Waals surface area contributed by atoms with Crippen LogP contribution in [0.1, 0.15) is 28.7 Å². The quantitative estimate of drug-likeness (QED) is 0.340. The molecule has 2 rings (SSSR count). The van der Waals surface area contributed by atoms with Crippen LogP contribution in [-0.2, 0) is 9.59 Å². The Kier molecular flexibility index (Phi) is 14.8. The molecule has 0 aliphatic rings. The number of ketones is 2. The Labute approximate surface area is 207 Å². The topological polar surface area (TPSA) is 105 Å². The highest BCUT2D eigenvalue weighted by molar-refractivity contribution is 6.10. The van der Waals surface area contributed by atoms with Crippen molar-refractivity contribution in [1.29, 1.82) is 0 Å². The summed E-state index contributed by atoms with van der Waals surface area (Å²) in [5.74, 6) is 1.03. The van der Waals surface area contributed by atoms with E-state index in [-0.39, 0.29) is 42.8 Å². The molecule has 0 aromatic heterocycles. The van der Waals surface area contributed by atoms with Crippen molar-refractivity contribution < 1.29 is 19.1 Å². The molecule has 0 saturated carbocycles. The summed E-state index contributed by atoms with van der Waals surface area (Å²) in [6, 6.07) is 11.2. The van der Waals surface area contributed by atoms with E-state index in [1.165, 1.54) is 12.2 Å². The fraction of sp³-hybridized carbons (Fsp3) is 0.280. The molecule has 0 saturated heterocycles. The van der Waals surface area contributed by atoms with E-state index in [1.54, 1.807) is 12.2 Å². The normalized spacial score (nSPS) is 10.5. The van der Waals surface area contributed by atoms with E-state index in [9.17, 15) is 9.59 Å². The maximum atomic E-state index is 12.1. The second-order valence-electron chi connectivity index (χ2n) is 7.10. The standard InChI is InChI=1S/C25H30N2O4.2ClH/c1-18-15-20(5-9-24(18)30-13-11-26)3-7-22(28)17-23(29)8-4-21-6-10-25(19(2)16-21)31-14-12-27;;/h3-10,15-16H,11-14,17,26-27H2,1-2H3;2*1H/b7-3+,8-4+;;. The maximum Gasteiger partial charge on any atom is 0.163 e. The van der Waals surface area contributed by atoms with Gasteiger partial charge in [-0.25, -0.2) is 0 Å². The second kappa shape index (κ2) is 16.0. The zero-order valence-corrected chi connectivity index (χ0v) is 20.5. The second-order valence-corrected chi connectivity index (χ2v) is 7.10. The van der Waals surface area contributed by atoms with Crippen LogP contribution in [0.15, 0.2) is 48.6 Å². The van der Waals surface area contributed by atoms with Crippen LogP contribution >= 0.6 is 24.8 Å². The summed E-state index contributed by atoms with van der Waals surface area (Å²) in [7, 11) is 0. The molecule has 4 N–H and O–H groups in total. The Morgan fingerprint density at radius 3 is 1.48 bits per heavy atom. The van der Waals surface area contributed by atoms with Gasteiger partial charge >= 0.3 is 0 Å². The smallest absolute Gasteiger partial charge is 0.163 e. The molecule has 0 amide bonds. The van der Waals surface area contributed by atoms with Crippen LogP contribution in [0.25, 0.3) is 12.2 Å². The molecule has 2 aromatic carbocycles. The van der Waals surface area contributed by atoms with Crippen LogP contribution in [0.2, 0.25) is 0 Å². The molecular weight excluding hydrogens is 463 g/mol. The first kappa shape index (κ1) is 30.4. The number of benzene rings is 2. The van der Waals surface area contributed by atoms with Gasteiger partial charge in [0.1, 0.15) is 24.7 Å². The lowest BCUT2D eigenvalue weighted by molar-refractivity contribution is -0.121. The van der Waals surface area contributed by atoms with Gasteiger partial charge in [0.15, 0.2) is 11.6 Å². The van der Waals surface area contributed by atoms with Crippen molar-refractivity contribution in [1.82, 2.24) is 0 Å². The number of halogens is 2. The van der Waals surface area contributed by atoms with Gasteiger partial charge in [-0.1, -0.05) is 24.3 Å².